The highest BCUT2D eigenvalue weighted by atomic mass is 16.5. The predicted molar refractivity (Wildman–Crippen MR) is 188 cm³/mol. The quantitative estimate of drug-likeness (QED) is 0.148. The van der Waals surface area contributed by atoms with Gasteiger partial charge in [0.2, 0.25) is 0 Å². The molecule has 1 aromatic heterocycles. The molecule has 4 aliphatic carbocycles. The normalized spacial score (nSPS) is 33.4. The largest absolute Gasteiger partial charge is 0.497 e. The van der Waals surface area contributed by atoms with Gasteiger partial charge in [-0.25, -0.2) is 13.9 Å². The zero-order valence-electron chi connectivity index (χ0n) is 30.2. The van der Waals surface area contributed by atoms with E-state index in [0.29, 0.717) is 12.0 Å². The monoisotopic (exact) mass is 641 g/mol. The molecule has 3 fully saturated rings. The molecule has 5 nitrogen and oxygen atoms in total. The summed E-state index contributed by atoms with van der Waals surface area (Å²) in [6.07, 6.45) is 21.1. The maximum absolute atomic E-state index is 13.4. The number of allylic oxidation sites excluding steroid dienone is 1. The van der Waals surface area contributed by atoms with E-state index in [2.05, 4.69) is 68.2 Å². The lowest BCUT2D eigenvalue weighted by atomic mass is 9.47. The van der Waals surface area contributed by atoms with Gasteiger partial charge in [0.05, 0.1) is 20.1 Å². The Labute approximate surface area is 284 Å². The molecule has 2 aromatic rings. The molecule has 3 saturated carbocycles. The number of nitrogens with zero attached hydrogens (tertiary/aromatic N) is 2. The Bertz CT molecular complexity index is 1470. The molecule has 0 saturated heterocycles. The van der Waals surface area contributed by atoms with E-state index >= 15 is 0 Å². The van der Waals surface area contributed by atoms with Gasteiger partial charge in [-0.2, -0.15) is 0 Å². The molecule has 0 bridgehead atoms. The van der Waals surface area contributed by atoms with E-state index in [9.17, 15) is 4.79 Å². The van der Waals surface area contributed by atoms with Crippen molar-refractivity contribution in [1.82, 2.24) is 4.57 Å². The number of carbonyl (C=O) groups is 1. The topological polar surface area (TPSA) is 44.3 Å². The first kappa shape index (κ1) is 33.0. The third kappa shape index (κ3) is 6.01. The number of ether oxygens (including phenoxy) is 2. The van der Waals surface area contributed by atoms with Crippen molar-refractivity contribution in [2.45, 2.75) is 137 Å². The molecule has 8 atom stereocenters. The van der Waals surface area contributed by atoms with Crippen molar-refractivity contribution >= 4 is 5.97 Å². The molecule has 5 heteroatoms. The summed E-state index contributed by atoms with van der Waals surface area (Å²) < 4.78 is 16.2. The summed E-state index contributed by atoms with van der Waals surface area (Å²) in [6, 6.07) is 8.23. The van der Waals surface area contributed by atoms with Gasteiger partial charge in [-0.1, -0.05) is 65.5 Å². The van der Waals surface area contributed by atoms with E-state index in [1.54, 1.807) is 12.7 Å². The minimum absolute atomic E-state index is 0.00658. The van der Waals surface area contributed by atoms with Gasteiger partial charge in [-0.15, -0.1) is 0 Å². The van der Waals surface area contributed by atoms with Gasteiger partial charge in [0.1, 0.15) is 18.1 Å². The maximum atomic E-state index is 13.4. The van der Waals surface area contributed by atoms with Crippen molar-refractivity contribution in [3.05, 3.63) is 47.9 Å². The van der Waals surface area contributed by atoms with Crippen molar-refractivity contribution in [2.75, 3.05) is 7.11 Å². The van der Waals surface area contributed by atoms with Crippen LogP contribution in [0.25, 0.3) is 11.3 Å². The summed E-state index contributed by atoms with van der Waals surface area (Å²) >= 11 is 0. The van der Waals surface area contributed by atoms with Crippen LogP contribution in [-0.4, -0.2) is 23.8 Å². The highest BCUT2D eigenvalue weighted by molar-refractivity contribution is 5.68. The fourth-order valence-electron chi connectivity index (χ4n) is 11.8. The molecule has 1 aliphatic heterocycles. The van der Waals surface area contributed by atoms with Gasteiger partial charge in [-0.3, -0.25) is 0 Å². The van der Waals surface area contributed by atoms with Gasteiger partial charge in [-0.05, 0) is 122 Å². The van der Waals surface area contributed by atoms with Crippen molar-refractivity contribution < 1.29 is 18.8 Å². The average molecular weight is 642 g/mol. The number of esters is 1. The molecule has 0 amide bonds. The summed E-state index contributed by atoms with van der Waals surface area (Å²) in [5, 5.41) is 0. The third-order valence-corrected chi connectivity index (χ3v) is 14.2. The Hall–Kier alpha value is -2.56. The van der Waals surface area contributed by atoms with Gasteiger partial charge >= 0.3 is 5.97 Å². The van der Waals surface area contributed by atoms with Crippen LogP contribution in [0.3, 0.4) is 0 Å². The number of rotatable bonds is 10. The molecule has 7 rings (SSSR count). The van der Waals surface area contributed by atoms with Crippen LogP contribution in [0.5, 0.6) is 5.75 Å². The van der Waals surface area contributed by atoms with E-state index in [1.807, 2.05) is 12.1 Å². The molecular formula is C42H61N2O3+. The van der Waals surface area contributed by atoms with Crippen LogP contribution in [0, 0.1) is 46.3 Å². The fraction of sp³-hybridized carbons (Fsp3) is 0.714. The average Bonchev–Trinajstić information content (AvgIpc) is 3.76. The molecule has 5 aliphatic rings. The highest BCUT2D eigenvalue weighted by Crippen LogP contribution is 2.67. The minimum Gasteiger partial charge on any atom is -0.497 e. The maximum Gasteiger partial charge on any atom is 0.348 e. The second kappa shape index (κ2) is 13.0. The molecule has 0 N–H and O–H groups in total. The van der Waals surface area contributed by atoms with Crippen molar-refractivity contribution in [1.29, 1.82) is 0 Å². The second-order valence-corrected chi connectivity index (χ2v) is 17.2. The first-order valence-electron chi connectivity index (χ1n) is 19.3. The standard InChI is InChI=1S/C42H61N2O3/c1-28(2)9-7-10-29(3)35-18-19-36-34-17-14-31-25-33(20-22-41(31,4)37(34)21-23-42(35,36)5)47-40(45)27-43-26-38(44-24-8-11-39(43)44)30-12-15-32(46-6)16-13-30/h12-16,26,28-29,33-37H,7-11,17-25,27H2,1-6H3/q+1. The smallest absolute Gasteiger partial charge is 0.348 e. The van der Waals surface area contributed by atoms with Crippen LogP contribution in [0.2, 0.25) is 0 Å². The third-order valence-electron chi connectivity index (χ3n) is 14.2. The van der Waals surface area contributed by atoms with E-state index in [1.165, 1.54) is 62.9 Å². The van der Waals surface area contributed by atoms with Crippen LogP contribution in [0.15, 0.2) is 42.1 Å². The second-order valence-electron chi connectivity index (χ2n) is 17.2. The summed E-state index contributed by atoms with van der Waals surface area (Å²) in [5.41, 5.74) is 4.72. The minimum atomic E-state index is -0.0904. The summed E-state index contributed by atoms with van der Waals surface area (Å²) in [6.45, 7) is 13.9. The van der Waals surface area contributed by atoms with E-state index in [0.717, 1.165) is 85.5 Å². The molecule has 1 aromatic carbocycles. The summed E-state index contributed by atoms with van der Waals surface area (Å²) in [5.74, 6) is 7.10. The Morgan fingerprint density at radius 1 is 1.02 bits per heavy atom. The van der Waals surface area contributed by atoms with Crippen molar-refractivity contribution in [3.8, 4) is 17.0 Å². The van der Waals surface area contributed by atoms with Crippen LogP contribution in [0.4, 0.5) is 0 Å². The number of hydrogen-bond donors (Lipinski definition) is 0. The summed E-state index contributed by atoms with van der Waals surface area (Å²) in [7, 11) is 1.70. The van der Waals surface area contributed by atoms with Crippen LogP contribution in [-0.2, 0) is 29.0 Å². The number of fused-ring (bicyclic) bond motifs is 6. The molecule has 2 heterocycles. The van der Waals surface area contributed by atoms with Gasteiger partial charge in [0.25, 0.3) is 5.82 Å². The Morgan fingerprint density at radius 3 is 2.60 bits per heavy atom. The SMILES string of the molecule is COc1ccc(-c2c[n+](CC(=O)OC3CCC4(C)C(=CCC5C4CCC4(C)C(C(C)CCCC(C)C)CCC54)C3)c3n2CCC3)cc1. The lowest BCUT2D eigenvalue weighted by Crippen LogP contribution is -2.51. The molecule has 0 spiro atoms. The lowest BCUT2D eigenvalue weighted by molar-refractivity contribution is -0.692. The fourth-order valence-corrected chi connectivity index (χ4v) is 11.8. The number of methoxy groups -OCH3 is 1. The van der Waals surface area contributed by atoms with E-state index < -0.39 is 0 Å². The zero-order chi connectivity index (χ0) is 32.9. The Balaban J connectivity index is 0.990. The number of imidazole rings is 1. The predicted octanol–water partition coefficient (Wildman–Crippen LogP) is 9.35. The van der Waals surface area contributed by atoms with Gasteiger partial charge in [0, 0.05) is 12.0 Å². The zero-order valence-corrected chi connectivity index (χ0v) is 30.2. The first-order valence-corrected chi connectivity index (χ1v) is 19.3. The van der Waals surface area contributed by atoms with Crippen molar-refractivity contribution in [3.63, 3.8) is 0 Å². The van der Waals surface area contributed by atoms with E-state index in [4.69, 9.17) is 9.47 Å². The molecule has 8 unspecified atom stereocenters. The van der Waals surface area contributed by atoms with E-state index in [-0.39, 0.29) is 17.5 Å². The number of aromatic nitrogens is 2. The van der Waals surface area contributed by atoms with Gasteiger partial charge in [0.15, 0.2) is 12.2 Å². The van der Waals surface area contributed by atoms with Crippen LogP contribution >= 0.6 is 0 Å². The Morgan fingerprint density at radius 2 is 1.83 bits per heavy atom. The van der Waals surface area contributed by atoms with Crippen LogP contribution in [0.1, 0.15) is 117 Å². The molecule has 256 valence electrons. The van der Waals surface area contributed by atoms with Crippen LogP contribution < -0.4 is 9.30 Å². The number of hydrogen-bond acceptors (Lipinski definition) is 3. The number of carbonyl (C=O) groups excluding carboxylic acids is 1. The number of benzene rings is 1. The van der Waals surface area contributed by atoms with Crippen molar-refractivity contribution in [2.24, 2.45) is 46.3 Å². The molecule has 47 heavy (non-hydrogen) atoms. The highest BCUT2D eigenvalue weighted by Gasteiger charge is 2.59. The van der Waals surface area contributed by atoms with Gasteiger partial charge < -0.3 is 9.47 Å². The lowest BCUT2D eigenvalue weighted by Gasteiger charge is -2.58. The first-order chi connectivity index (χ1) is 22.6. The molecule has 0 radical (unpaired) electrons. The molecular weight excluding hydrogens is 580 g/mol. The Kier molecular flexibility index (Phi) is 9.15. The summed E-state index contributed by atoms with van der Waals surface area (Å²) in [4.78, 5) is 13.4.